The van der Waals surface area contributed by atoms with Crippen LogP contribution in [0.3, 0.4) is 0 Å². The largest absolute Gasteiger partial charge is 0.326 e. The fraction of sp³-hybridized carbons (Fsp3) is 0.308. The predicted molar refractivity (Wildman–Crippen MR) is 83.2 cm³/mol. The lowest BCUT2D eigenvalue weighted by Gasteiger charge is -2.14. The Kier molecular flexibility index (Phi) is 6.25. The number of carbonyl (C=O) groups excluding carboxylic acids is 1. The minimum absolute atomic E-state index is 0.0911. The monoisotopic (exact) mass is 314 g/mol. The number of thioether (sulfide) groups is 1. The Hall–Kier alpha value is -1.31. The van der Waals surface area contributed by atoms with Crippen LogP contribution in [0, 0.1) is 0 Å². The van der Waals surface area contributed by atoms with Gasteiger partial charge in [-0.15, -0.1) is 11.8 Å². The summed E-state index contributed by atoms with van der Waals surface area (Å²) in [7, 11) is -2.05. The highest BCUT2D eigenvalue weighted by Gasteiger charge is 2.14. The summed E-state index contributed by atoms with van der Waals surface area (Å²) in [6.07, 6.45) is 2.07. The molecular formula is C13H18N2O3S2. The quantitative estimate of drug-likeness (QED) is 0.783. The van der Waals surface area contributed by atoms with Crippen LogP contribution < -0.4 is 5.32 Å². The summed E-state index contributed by atoms with van der Waals surface area (Å²) in [5.74, 6) is -0.229. The minimum atomic E-state index is -3.46. The van der Waals surface area contributed by atoms with E-state index in [1.165, 1.54) is 7.05 Å². The third-order valence-corrected chi connectivity index (χ3v) is 4.89. The topological polar surface area (TPSA) is 66.5 Å². The summed E-state index contributed by atoms with van der Waals surface area (Å²) in [4.78, 5) is 12.8. The van der Waals surface area contributed by atoms with Crippen molar-refractivity contribution in [2.24, 2.45) is 0 Å². The molecular weight excluding hydrogens is 296 g/mol. The molecule has 1 aromatic rings. The molecule has 0 fully saturated rings. The number of nitrogens with zero attached hydrogens (tertiary/aromatic N) is 1. The maximum absolute atomic E-state index is 11.7. The van der Waals surface area contributed by atoms with Gasteiger partial charge in [-0.3, -0.25) is 4.79 Å². The number of rotatable bonds is 7. The van der Waals surface area contributed by atoms with Gasteiger partial charge < -0.3 is 5.32 Å². The molecule has 0 aliphatic heterocycles. The Morgan fingerprint density at radius 1 is 1.40 bits per heavy atom. The molecule has 0 aliphatic rings. The van der Waals surface area contributed by atoms with Crippen LogP contribution in [0.1, 0.15) is 6.42 Å². The first kappa shape index (κ1) is 16.7. The first-order chi connectivity index (χ1) is 9.39. The molecule has 0 aromatic heterocycles. The Morgan fingerprint density at radius 3 is 2.50 bits per heavy atom. The number of amides is 1. The van der Waals surface area contributed by atoms with Gasteiger partial charge in [0.15, 0.2) is 0 Å². The molecule has 0 saturated heterocycles. The molecule has 0 radical (unpaired) electrons. The van der Waals surface area contributed by atoms with Crippen molar-refractivity contribution in [1.82, 2.24) is 4.31 Å². The molecule has 0 atom stereocenters. The summed E-state index contributed by atoms with van der Waals surface area (Å²) in [6, 6.07) is 7.45. The summed E-state index contributed by atoms with van der Waals surface area (Å²) >= 11 is 1.62. The lowest BCUT2D eigenvalue weighted by molar-refractivity contribution is -0.116. The first-order valence-electron chi connectivity index (χ1n) is 5.91. The van der Waals surface area contributed by atoms with Crippen molar-refractivity contribution < 1.29 is 13.2 Å². The number of benzene rings is 1. The van der Waals surface area contributed by atoms with Gasteiger partial charge in [0.25, 0.3) is 0 Å². The van der Waals surface area contributed by atoms with Gasteiger partial charge in [0, 0.05) is 36.0 Å². The number of hydrogen-bond donors (Lipinski definition) is 1. The van der Waals surface area contributed by atoms with E-state index in [9.17, 15) is 13.2 Å². The van der Waals surface area contributed by atoms with E-state index in [-0.39, 0.29) is 18.9 Å². The fourth-order valence-electron chi connectivity index (χ4n) is 1.41. The van der Waals surface area contributed by atoms with E-state index in [4.69, 9.17) is 0 Å². The van der Waals surface area contributed by atoms with Crippen LogP contribution >= 0.6 is 11.8 Å². The fourth-order valence-corrected chi connectivity index (χ4v) is 2.42. The zero-order valence-corrected chi connectivity index (χ0v) is 13.1. The van der Waals surface area contributed by atoms with Gasteiger partial charge in [-0.1, -0.05) is 6.58 Å². The molecule has 5 nitrogen and oxygen atoms in total. The molecule has 0 saturated carbocycles. The second-order valence-electron chi connectivity index (χ2n) is 4.06. The highest BCUT2D eigenvalue weighted by Crippen LogP contribution is 2.17. The molecule has 1 rings (SSSR count). The van der Waals surface area contributed by atoms with Crippen LogP contribution in [-0.4, -0.2) is 38.5 Å². The van der Waals surface area contributed by atoms with Crippen molar-refractivity contribution in [3.63, 3.8) is 0 Å². The van der Waals surface area contributed by atoms with Crippen LogP contribution in [0.2, 0.25) is 0 Å². The molecule has 0 unspecified atom stereocenters. The second kappa shape index (κ2) is 7.47. The Morgan fingerprint density at radius 2 is 2.00 bits per heavy atom. The van der Waals surface area contributed by atoms with Gasteiger partial charge in [-0.2, -0.15) is 0 Å². The molecule has 1 amide bonds. The molecule has 20 heavy (non-hydrogen) atoms. The van der Waals surface area contributed by atoms with Crippen molar-refractivity contribution in [2.45, 2.75) is 11.3 Å². The van der Waals surface area contributed by atoms with Crippen molar-refractivity contribution in [1.29, 1.82) is 0 Å². The van der Waals surface area contributed by atoms with Gasteiger partial charge in [-0.05, 0) is 30.5 Å². The second-order valence-corrected chi connectivity index (χ2v) is 6.93. The normalized spacial score (nSPS) is 11.3. The van der Waals surface area contributed by atoms with Crippen molar-refractivity contribution >= 4 is 33.4 Å². The summed E-state index contributed by atoms with van der Waals surface area (Å²) < 4.78 is 23.9. The Labute approximate surface area is 124 Å². The molecule has 110 valence electrons. The van der Waals surface area contributed by atoms with E-state index < -0.39 is 10.0 Å². The van der Waals surface area contributed by atoms with Gasteiger partial charge in [0.2, 0.25) is 15.9 Å². The first-order valence-corrected chi connectivity index (χ1v) is 8.64. The van der Waals surface area contributed by atoms with Crippen LogP contribution in [0.15, 0.2) is 41.1 Å². The Balaban J connectivity index is 2.49. The Bertz CT molecular complexity index is 568. The SMILES string of the molecule is C=CS(=O)(=O)N(C)CCC(=O)Nc1ccc(SC)cc1. The molecule has 1 aromatic carbocycles. The third kappa shape index (κ3) is 4.99. The number of nitrogens with one attached hydrogen (secondary N) is 1. The molecule has 0 aliphatic carbocycles. The van der Waals surface area contributed by atoms with Crippen molar-refractivity contribution in [3.8, 4) is 0 Å². The highest BCUT2D eigenvalue weighted by molar-refractivity contribution is 7.98. The van der Waals surface area contributed by atoms with Crippen LogP contribution in [-0.2, 0) is 14.8 Å². The number of anilines is 1. The molecule has 7 heteroatoms. The smallest absolute Gasteiger partial charge is 0.235 e. The van der Waals surface area contributed by atoms with E-state index in [0.717, 1.165) is 14.6 Å². The lowest BCUT2D eigenvalue weighted by atomic mass is 10.3. The van der Waals surface area contributed by atoms with E-state index >= 15 is 0 Å². The molecule has 1 N–H and O–H groups in total. The zero-order chi connectivity index (χ0) is 15.2. The molecule has 0 heterocycles. The van der Waals surface area contributed by atoms with Crippen LogP contribution in [0.25, 0.3) is 0 Å². The number of sulfonamides is 1. The summed E-state index contributed by atoms with van der Waals surface area (Å²) in [5.41, 5.74) is 0.696. The van der Waals surface area contributed by atoms with Gasteiger partial charge in [0.1, 0.15) is 0 Å². The average Bonchev–Trinajstić information content (AvgIpc) is 2.45. The number of hydrogen-bond acceptors (Lipinski definition) is 4. The average molecular weight is 314 g/mol. The van der Waals surface area contributed by atoms with Crippen molar-refractivity contribution in [3.05, 3.63) is 36.3 Å². The van der Waals surface area contributed by atoms with E-state index in [1.807, 2.05) is 30.5 Å². The summed E-state index contributed by atoms with van der Waals surface area (Å²) in [6.45, 7) is 3.35. The van der Waals surface area contributed by atoms with E-state index in [2.05, 4.69) is 11.9 Å². The molecule has 0 bridgehead atoms. The molecule has 0 spiro atoms. The lowest BCUT2D eigenvalue weighted by Crippen LogP contribution is -2.28. The van der Waals surface area contributed by atoms with E-state index in [0.29, 0.717) is 5.69 Å². The maximum Gasteiger partial charge on any atom is 0.235 e. The van der Waals surface area contributed by atoms with Crippen LogP contribution in [0.5, 0.6) is 0 Å². The number of carbonyl (C=O) groups is 1. The zero-order valence-electron chi connectivity index (χ0n) is 11.5. The van der Waals surface area contributed by atoms with Gasteiger partial charge in [0.05, 0.1) is 0 Å². The minimum Gasteiger partial charge on any atom is -0.326 e. The van der Waals surface area contributed by atoms with Crippen molar-refractivity contribution in [2.75, 3.05) is 25.2 Å². The van der Waals surface area contributed by atoms with E-state index in [1.54, 1.807) is 11.8 Å². The summed E-state index contributed by atoms with van der Waals surface area (Å²) in [5, 5.41) is 3.59. The van der Waals surface area contributed by atoms with Gasteiger partial charge in [-0.25, -0.2) is 12.7 Å². The van der Waals surface area contributed by atoms with Crippen LogP contribution in [0.4, 0.5) is 5.69 Å². The highest BCUT2D eigenvalue weighted by atomic mass is 32.2. The van der Waals surface area contributed by atoms with Gasteiger partial charge >= 0.3 is 0 Å². The predicted octanol–water partition coefficient (Wildman–Crippen LogP) is 2.14. The standard InChI is InChI=1S/C13H18N2O3S2/c1-4-20(17,18)15(2)10-9-13(16)14-11-5-7-12(19-3)8-6-11/h4-8H,1,9-10H2,2-3H3,(H,14,16). The maximum atomic E-state index is 11.7. The third-order valence-electron chi connectivity index (χ3n) is 2.67.